The molecular weight excluding hydrogens is 464 g/mol. The summed E-state index contributed by atoms with van der Waals surface area (Å²) in [5, 5.41) is 39.5. The second kappa shape index (κ2) is 8.62. The quantitative estimate of drug-likeness (QED) is 0.332. The average molecular weight is 499 g/mol. The van der Waals surface area contributed by atoms with Gasteiger partial charge in [-0.2, -0.15) is 4.98 Å². The van der Waals surface area contributed by atoms with Crippen LogP contribution in [0.5, 0.6) is 0 Å². The van der Waals surface area contributed by atoms with Gasteiger partial charge in [-0.15, -0.1) is 11.3 Å². The number of aryl methyl sites for hydroxylation is 2. The Labute approximate surface area is 209 Å². The van der Waals surface area contributed by atoms with Crippen LogP contribution in [-0.4, -0.2) is 65.7 Å². The highest BCUT2D eigenvalue weighted by Crippen LogP contribution is 2.45. The van der Waals surface area contributed by atoms with Crippen molar-refractivity contribution in [2.45, 2.75) is 77.7 Å². The van der Waals surface area contributed by atoms with E-state index in [1.54, 1.807) is 31.4 Å². The third-order valence-electron chi connectivity index (χ3n) is 7.48. The fourth-order valence-electron chi connectivity index (χ4n) is 4.84. The topological polar surface area (TPSA) is 136 Å². The molecule has 0 radical (unpaired) electrons. The van der Waals surface area contributed by atoms with Gasteiger partial charge in [0.05, 0.1) is 39.4 Å². The number of hydrogen-bond donors (Lipinski definition) is 5. The number of anilines is 2. The number of thiazole rings is 1. The molecule has 5 rings (SSSR count). The molecule has 35 heavy (non-hydrogen) atoms. The van der Waals surface area contributed by atoms with E-state index in [1.807, 2.05) is 19.9 Å². The Morgan fingerprint density at radius 2 is 1.86 bits per heavy atom. The minimum atomic E-state index is -1.12. The molecule has 2 aliphatic carbocycles. The van der Waals surface area contributed by atoms with E-state index in [0.717, 1.165) is 38.7 Å². The number of aromatic nitrogens is 4. The van der Waals surface area contributed by atoms with Gasteiger partial charge in [-0.1, -0.05) is 6.92 Å². The molecule has 2 aliphatic rings. The zero-order chi connectivity index (χ0) is 25.1. The Kier molecular flexibility index (Phi) is 5.98. The molecule has 4 atom stereocenters. The normalized spacial score (nSPS) is 25.7. The van der Waals surface area contributed by atoms with Gasteiger partial charge in [0, 0.05) is 18.7 Å². The fourth-order valence-corrected chi connectivity index (χ4v) is 5.95. The van der Waals surface area contributed by atoms with Gasteiger partial charge >= 0.3 is 0 Å². The third-order valence-corrected chi connectivity index (χ3v) is 8.52. The fraction of sp³-hybridized carbons (Fsp3) is 0.600. The van der Waals surface area contributed by atoms with Crippen molar-refractivity contribution in [3.63, 3.8) is 0 Å². The average Bonchev–Trinajstić information content (AvgIpc) is 3.24. The Morgan fingerprint density at radius 3 is 2.49 bits per heavy atom. The van der Waals surface area contributed by atoms with Crippen LogP contribution in [0.4, 0.5) is 11.8 Å². The van der Waals surface area contributed by atoms with Crippen molar-refractivity contribution in [1.82, 2.24) is 19.9 Å². The van der Waals surface area contributed by atoms with E-state index >= 15 is 0 Å². The first-order valence-corrected chi connectivity index (χ1v) is 13.0. The SMILES string of the molecule is Cc1nc(NCC2(C)CC2)nc(NC2CC(C(C)(C)O)C(O)C2O)c1-c1nc2c(C)nccc2s1. The summed E-state index contributed by atoms with van der Waals surface area (Å²) in [7, 11) is 0. The van der Waals surface area contributed by atoms with Gasteiger partial charge in [0.1, 0.15) is 22.4 Å². The van der Waals surface area contributed by atoms with Crippen molar-refractivity contribution >= 4 is 33.3 Å². The summed E-state index contributed by atoms with van der Waals surface area (Å²) in [6.45, 7) is 10.2. The number of hydrogen-bond acceptors (Lipinski definition) is 10. The monoisotopic (exact) mass is 498 g/mol. The zero-order valence-electron chi connectivity index (χ0n) is 20.8. The molecule has 0 aliphatic heterocycles. The lowest BCUT2D eigenvalue weighted by Crippen LogP contribution is -2.40. The standard InChI is InChI=1S/C25H34N6O3S/c1-12-17(22-30-18-13(2)26-9-6-16(18)35-22)21(31-23(28-12)27-11-25(5)7-8-25)29-15-10-14(24(3,4)34)19(32)20(15)33/h6,9,14-15,19-20,32-34H,7-8,10-11H2,1-5H3,(H2,27,28,29,31). The molecule has 10 heteroatoms. The second-order valence-corrected chi connectivity index (χ2v) is 12.0. The lowest BCUT2D eigenvalue weighted by molar-refractivity contribution is -0.0601. The maximum atomic E-state index is 10.8. The van der Waals surface area contributed by atoms with Gasteiger partial charge in [-0.25, -0.2) is 9.97 Å². The van der Waals surface area contributed by atoms with Gasteiger partial charge in [-0.05, 0) is 58.4 Å². The van der Waals surface area contributed by atoms with Crippen molar-refractivity contribution < 1.29 is 15.3 Å². The van der Waals surface area contributed by atoms with Crippen LogP contribution in [0.2, 0.25) is 0 Å². The molecule has 3 aromatic heterocycles. The van der Waals surface area contributed by atoms with E-state index < -0.39 is 29.8 Å². The molecule has 3 heterocycles. The van der Waals surface area contributed by atoms with E-state index in [4.69, 9.17) is 15.0 Å². The number of nitrogens with one attached hydrogen (secondary N) is 2. The maximum absolute atomic E-state index is 10.8. The van der Waals surface area contributed by atoms with Crippen molar-refractivity contribution in [1.29, 1.82) is 0 Å². The molecule has 4 unspecified atom stereocenters. The predicted molar refractivity (Wildman–Crippen MR) is 138 cm³/mol. The Morgan fingerprint density at radius 1 is 1.11 bits per heavy atom. The van der Waals surface area contributed by atoms with Crippen LogP contribution >= 0.6 is 11.3 Å². The van der Waals surface area contributed by atoms with Crippen LogP contribution in [0.25, 0.3) is 20.8 Å². The van der Waals surface area contributed by atoms with Gasteiger partial charge < -0.3 is 26.0 Å². The van der Waals surface area contributed by atoms with Crippen LogP contribution in [0.1, 0.15) is 51.4 Å². The Bertz CT molecular complexity index is 1250. The summed E-state index contributed by atoms with van der Waals surface area (Å²) in [5.74, 6) is 0.608. The molecular formula is C25H34N6O3S. The molecule has 2 fully saturated rings. The van der Waals surface area contributed by atoms with Crippen LogP contribution in [-0.2, 0) is 0 Å². The number of pyridine rings is 1. The van der Waals surface area contributed by atoms with E-state index in [-0.39, 0.29) is 5.41 Å². The van der Waals surface area contributed by atoms with Gasteiger partial charge in [-0.3, -0.25) is 4.98 Å². The molecule has 0 amide bonds. The number of aliphatic hydroxyl groups excluding tert-OH is 2. The first-order chi connectivity index (χ1) is 16.4. The number of aliphatic hydroxyl groups is 3. The van der Waals surface area contributed by atoms with Crippen molar-refractivity contribution in [2.75, 3.05) is 17.2 Å². The number of rotatable bonds is 7. The summed E-state index contributed by atoms with van der Waals surface area (Å²) in [6.07, 6.45) is 2.47. The summed E-state index contributed by atoms with van der Waals surface area (Å²) in [4.78, 5) is 18.8. The van der Waals surface area contributed by atoms with Crippen molar-refractivity contribution in [3.8, 4) is 10.6 Å². The highest BCUT2D eigenvalue weighted by Gasteiger charge is 2.48. The lowest BCUT2D eigenvalue weighted by Gasteiger charge is -2.28. The van der Waals surface area contributed by atoms with Crippen LogP contribution < -0.4 is 10.6 Å². The van der Waals surface area contributed by atoms with Gasteiger partial charge in [0.15, 0.2) is 0 Å². The Hall–Kier alpha value is -2.40. The molecule has 188 valence electrons. The largest absolute Gasteiger partial charge is 0.390 e. The molecule has 0 saturated heterocycles. The highest BCUT2D eigenvalue weighted by atomic mass is 32.1. The summed E-state index contributed by atoms with van der Waals surface area (Å²) >= 11 is 1.55. The van der Waals surface area contributed by atoms with E-state index in [0.29, 0.717) is 18.2 Å². The van der Waals surface area contributed by atoms with Crippen molar-refractivity contribution in [2.24, 2.45) is 11.3 Å². The maximum Gasteiger partial charge on any atom is 0.224 e. The molecule has 0 aromatic carbocycles. The van der Waals surface area contributed by atoms with Crippen molar-refractivity contribution in [3.05, 3.63) is 23.7 Å². The number of nitrogens with zero attached hydrogens (tertiary/aromatic N) is 4. The first kappa shape index (κ1) is 24.3. The molecule has 0 spiro atoms. The minimum absolute atomic E-state index is 0.284. The first-order valence-electron chi connectivity index (χ1n) is 12.2. The molecule has 0 bridgehead atoms. The molecule has 9 nitrogen and oxygen atoms in total. The molecule has 3 aromatic rings. The van der Waals surface area contributed by atoms with Crippen LogP contribution in [0.15, 0.2) is 12.3 Å². The minimum Gasteiger partial charge on any atom is -0.390 e. The van der Waals surface area contributed by atoms with E-state index in [1.165, 1.54) is 12.8 Å². The second-order valence-electron chi connectivity index (χ2n) is 11.0. The zero-order valence-corrected chi connectivity index (χ0v) is 21.6. The molecule has 5 N–H and O–H groups in total. The summed E-state index contributed by atoms with van der Waals surface area (Å²) in [5.41, 5.74) is 2.40. The van der Waals surface area contributed by atoms with E-state index in [9.17, 15) is 15.3 Å². The molecule has 2 saturated carbocycles. The third kappa shape index (κ3) is 4.72. The summed E-state index contributed by atoms with van der Waals surface area (Å²) < 4.78 is 1.03. The number of fused-ring (bicyclic) bond motifs is 1. The highest BCUT2D eigenvalue weighted by molar-refractivity contribution is 7.21. The van der Waals surface area contributed by atoms with Gasteiger partial charge in [0.25, 0.3) is 0 Å². The van der Waals surface area contributed by atoms with Crippen LogP contribution in [0.3, 0.4) is 0 Å². The smallest absolute Gasteiger partial charge is 0.224 e. The lowest BCUT2D eigenvalue weighted by atomic mass is 9.88. The predicted octanol–water partition coefficient (Wildman–Crippen LogP) is 3.27. The van der Waals surface area contributed by atoms with Crippen LogP contribution in [0, 0.1) is 25.2 Å². The van der Waals surface area contributed by atoms with Gasteiger partial charge in [0.2, 0.25) is 5.95 Å². The Balaban J connectivity index is 1.53. The van der Waals surface area contributed by atoms with E-state index in [2.05, 4.69) is 22.5 Å². The summed E-state index contributed by atoms with van der Waals surface area (Å²) in [6, 6.07) is 1.46.